The van der Waals surface area contributed by atoms with Crippen molar-refractivity contribution < 1.29 is 8.42 Å². The highest BCUT2D eigenvalue weighted by Gasteiger charge is 2.26. The predicted octanol–water partition coefficient (Wildman–Crippen LogP) is 2.69. The zero-order valence-corrected chi connectivity index (χ0v) is 13.1. The summed E-state index contributed by atoms with van der Waals surface area (Å²) in [6, 6.07) is 3.06. The fraction of sp³-hybridized carbons (Fsp3) is 0.583. The van der Waals surface area contributed by atoms with Gasteiger partial charge in [0.1, 0.15) is 10.0 Å². The molecule has 1 N–H and O–H groups in total. The zero-order chi connectivity index (χ0) is 13.9. The Labute approximate surface area is 123 Å². The minimum absolute atomic E-state index is 0.00433. The molecule has 1 aromatic heterocycles. The highest BCUT2D eigenvalue weighted by atomic mass is 35.5. The Balaban J connectivity index is 2.05. The first-order valence-corrected chi connectivity index (χ1v) is 9.33. The quantitative estimate of drug-likeness (QED) is 0.867. The van der Waals surface area contributed by atoms with E-state index < -0.39 is 10.0 Å². The number of sulfonamides is 1. The fourth-order valence-corrected chi connectivity index (χ4v) is 4.77. The molecule has 2 rings (SSSR count). The fourth-order valence-electron chi connectivity index (χ4n) is 2.27. The van der Waals surface area contributed by atoms with Gasteiger partial charge in [-0.1, -0.05) is 11.6 Å². The summed E-state index contributed by atoms with van der Waals surface area (Å²) in [5, 5.41) is 0.676. The Morgan fingerprint density at radius 2 is 2.05 bits per heavy atom. The first kappa shape index (κ1) is 15.1. The molecule has 1 aromatic rings. The van der Waals surface area contributed by atoms with Crippen LogP contribution in [0, 0.1) is 0 Å². The van der Waals surface area contributed by atoms with E-state index in [1.165, 1.54) is 12.3 Å². The molecule has 106 valence electrons. The maximum atomic E-state index is 12.2. The molecule has 1 aliphatic carbocycles. The van der Waals surface area contributed by atoms with Crippen molar-refractivity contribution in [2.24, 2.45) is 0 Å². The molecule has 7 heteroatoms. The highest BCUT2D eigenvalue weighted by molar-refractivity contribution is 7.99. The van der Waals surface area contributed by atoms with E-state index in [-0.39, 0.29) is 16.1 Å². The monoisotopic (exact) mass is 320 g/mol. The molecule has 0 unspecified atom stereocenters. The Morgan fingerprint density at radius 3 is 2.63 bits per heavy atom. The Morgan fingerprint density at radius 1 is 1.37 bits per heavy atom. The largest absolute Gasteiger partial charge is 0.243 e. The molecular weight excluding hydrogens is 304 g/mol. The lowest BCUT2D eigenvalue weighted by molar-refractivity contribution is 0.420. The van der Waals surface area contributed by atoms with Gasteiger partial charge in [-0.05, 0) is 44.1 Å². The van der Waals surface area contributed by atoms with Crippen LogP contribution in [0.2, 0.25) is 5.15 Å². The van der Waals surface area contributed by atoms with Crippen LogP contribution in [0.25, 0.3) is 0 Å². The van der Waals surface area contributed by atoms with E-state index in [1.54, 1.807) is 6.07 Å². The van der Waals surface area contributed by atoms with Crippen LogP contribution in [0.15, 0.2) is 23.2 Å². The molecule has 1 fully saturated rings. The standard InChI is InChI=1S/C12H17ClN2O2S2/c1-18-10-6-4-9(5-7-10)15-19(16,17)11-3-2-8-14-12(11)13/h2-3,8-10,15H,4-7H2,1H3. The molecule has 0 aromatic carbocycles. The van der Waals surface area contributed by atoms with Crippen LogP contribution in [0.5, 0.6) is 0 Å². The number of thioether (sulfide) groups is 1. The van der Waals surface area contributed by atoms with Gasteiger partial charge in [-0.2, -0.15) is 11.8 Å². The molecule has 0 bridgehead atoms. The number of rotatable bonds is 4. The number of hydrogen-bond acceptors (Lipinski definition) is 4. The van der Waals surface area contributed by atoms with E-state index in [2.05, 4.69) is 16.0 Å². The van der Waals surface area contributed by atoms with Crippen molar-refractivity contribution >= 4 is 33.4 Å². The first-order chi connectivity index (χ1) is 9.03. The van der Waals surface area contributed by atoms with E-state index >= 15 is 0 Å². The molecule has 19 heavy (non-hydrogen) atoms. The first-order valence-electron chi connectivity index (χ1n) is 6.18. The third-order valence-electron chi connectivity index (χ3n) is 3.34. The number of pyridine rings is 1. The lowest BCUT2D eigenvalue weighted by atomic mass is 9.96. The molecule has 0 atom stereocenters. The SMILES string of the molecule is CSC1CCC(NS(=O)(=O)c2cccnc2Cl)CC1. The molecule has 0 saturated heterocycles. The third kappa shape index (κ3) is 3.84. The lowest BCUT2D eigenvalue weighted by Crippen LogP contribution is -2.38. The van der Waals surface area contributed by atoms with Crippen LogP contribution in [0.4, 0.5) is 0 Å². The van der Waals surface area contributed by atoms with Crippen molar-refractivity contribution in [3.63, 3.8) is 0 Å². The van der Waals surface area contributed by atoms with Crippen LogP contribution in [0.3, 0.4) is 0 Å². The van der Waals surface area contributed by atoms with Gasteiger partial charge in [-0.25, -0.2) is 18.1 Å². The molecule has 0 aliphatic heterocycles. The zero-order valence-electron chi connectivity index (χ0n) is 10.7. The summed E-state index contributed by atoms with van der Waals surface area (Å²) >= 11 is 7.69. The third-order valence-corrected chi connectivity index (χ3v) is 6.45. The maximum absolute atomic E-state index is 12.2. The minimum atomic E-state index is -3.57. The molecule has 0 amide bonds. The second-order valence-corrected chi connectivity index (χ2v) is 7.80. The van der Waals surface area contributed by atoms with E-state index in [1.807, 2.05) is 11.8 Å². The second kappa shape index (κ2) is 6.43. The van der Waals surface area contributed by atoms with Gasteiger partial charge in [0.15, 0.2) is 0 Å². The smallest absolute Gasteiger partial charge is 0.243 e. The van der Waals surface area contributed by atoms with Crippen molar-refractivity contribution in [2.45, 2.75) is 41.9 Å². The number of nitrogens with zero attached hydrogens (tertiary/aromatic N) is 1. The van der Waals surface area contributed by atoms with E-state index in [9.17, 15) is 8.42 Å². The van der Waals surface area contributed by atoms with E-state index in [0.717, 1.165) is 25.7 Å². The number of hydrogen-bond donors (Lipinski definition) is 1. The Hall–Kier alpha value is -0.300. The average Bonchev–Trinajstić information content (AvgIpc) is 2.39. The van der Waals surface area contributed by atoms with Gasteiger partial charge < -0.3 is 0 Å². The maximum Gasteiger partial charge on any atom is 0.243 e. The van der Waals surface area contributed by atoms with Gasteiger partial charge in [-0.15, -0.1) is 0 Å². The summed E-state index contributed by atoms with van der Waals surface area (Å²) in [6.07, 6.45) is 7.44. The van der Waals surface area contributed by atoms with E-state index in [4.69, 9.17) is 11.6 Å². The molecule has 0 spiro atoms. The van der Waals surface area contributed by atoms with Crippen molar-refractivity contribution in [1.82, 2.24) is 9.71 Å². The molecular formula is C12H17ClN2O2S2. The van der Waals surface area contributed by atoms with Crippen LogP contribution < -0.4 is 4.72 Å². The summed E-state index contributed by atoms with van der Waals surface area (Å²) < 4.78 is 27.2. The number of aromatic nitrogens is 1. The summed E-state index contributed by atoms with van der Waals surface area (Å²) in [7, 11) is -3.57. The molecule has 1 aliphatic rings. The summed E-state index contributed by atoms with van der Waals surface area (Å²) in [6.45, 7) is 0. The van der Waals surface area contributed by atoms with Gasteiger partial charge in [0, 0.05) is 17.5 Å². The Bertz CT molecular complexity index is 528. The van der Waals surface area contributed by atoms with Crippen molar-refractivity contribution in [3.8, 4) is 0 Å². The highest BCUT2D eigenvalue weighted by Crippen LogP contribution is 2.28. The topological polar surface area (TPSA) is 59.1 Å². The van der Waals surface area contributed by atoms with Crippen LogP contribution in [-0.4, -0.2) is 30.9 Å². The summed E-state index contributed by atoms with van der Waals surface area (Å²) in [5.74, 6) is 0. The van der Waals surface area contributed by atoms with Crippen LogP contribution in [-0.2, 0) is 10.0 Å². The van der Waals surface area contributed by atoms with Crippen LogP contribution >= 0.6 is 23.4 Å². The van der Waals surface area contributed by atoms with Crippen molar-refractivity contribution in [3.05, 3.63) is 23.5 Å². The van der Waals surface area contributed by atoms with Gasteiger partial charge >= 0.3 is 0 Å². The summed E-state index contributed by atoms with van der Waals surface area (Å²) in [4.78, 5) is 3.87. The van der Waals surface area contributed by atoms with Crippen LogP contribution in [0.1, 0.15) is 25.7 Å². The molecule has 0 radical (unpaired) electrons. The summed E-state index contributed by atoms with van der Waals surface area (Å²) in [5.41, 5.74) is 0. The van der Waals surface area contributed by atoms with Gasteiger partial charge in [-0.3, -0.25) is 0 Å². The molecule has 1 heterocycles. The molecule has 4 nitrogen and oxygen atoms in total. The van der Waals surface area contributed by atoms with Crippen molar-refractivity contribution in [2.75, 3.05) is 6.26 Å². The second-order valence-electron chi connectivity index (χ2n) is 4.62. The predicted molar refractivity (Wildman–Crippen MR) is 79.1 cm³/mol. The normalized spacial score (nSPS) is 24.3. The van der Waals surface area contributed by atoms with E-state index in [0.29, 0.717) is 5.25 Å². The van der Waals surface area contributed by atoms with Crippen molar-refractivity contribution in [1.29, 1.82) is 0 Å². The lowest BCUT2D eigenvalue weighted by Gasteiger charge is -2.27. The van der Waals surface area contributed by atoms with Gasteiger partial charge in [0.05, 0.1) is 0 Å². The number of halogens is 1. The average molecular weight is 321 g/mol. The molecule has 1 saturated carbocycles. The van der Waals surface area contributed by atoms with Gasteiger partial charge in [0.25, 0.3) is 0 Å². The van der Waals surface area contributed by atoms with Gasteiger partial charge in [0.2, 0.25) is 10.0 Å². The minimum Gasteiger partial charge on any atom is -0.243 e. The number of nitrogens with one attached hydrogen (secondary N) is 1. The Kier molecular flexibility index (Phi) is 5.11.